The van der Waals surface area contributed by atoms with Gasteiger partial charge in [0, 0.05) is 23.7 Å². The van der Waals surface area contributed by atoms with Gasteiger partial charge in [-0.1, -0.05) is 18.2 Å². The van der Waals surface area contributed by atoms with E-state index >= 15 is 0 Å². The molecular weight excluding hydrogens is 265 g/mol. The number of nitrogens with zero attached hydrogens (tertiary/aromatic N) is 1. The van der Waals surface area contributed by atoms with E-state index in [1.807, 2.05) is 48.0 Å². The highest BCUT2D eigenvalue weighted by Crippen LogP contribution is 2.26. The van der Waals surface area contributed by atoms with Gasteiger partial charge in [0.05, 0.1) is 5.52 Å². The van der Waals surface area contributed by atoms with Crippen LogP contribution in [0.5, 0.6) is 5.75 Å². The summed E-state index contributed by atoms with van der Waals surface area (Å²) in [5.41, 5.74) is 2.95. The van der Waals surface area contributed by atoms with Crippen molar-refractivity contribution in [3.8, 4) is 5.75 Å². The second kappa shape index (κ2) is 5.60. The summed E-state index contributed by atoms with van der Waals surface area (Å²) in [5, 5.41) is 0.659. The van der Waals surface area contributed by atoms with Crippen LogP contribution in [0.1, 0.15) is 18.1 Å². The molecule has 21 heavy (non-hydrogen) atoms. The van der Waals surface area contributed by atoms with Crippen LogP contribution >= 0.6 is 0 Å². The monoisotopic (exact) mass is 283 g/mol. The first kappa shape index (κ1) is 13.7. The molecule has 0 amide bonds. The third kappa shape index (κ3) is 2.64. The zero-order valence-corrected chi connectivity index (χ0v) is 12.3. The van der Waals surface area contributed by atoms with E-state index in [1.54, 1.807) is 6.07 Å². The summed E-state index contributed by atoms with van der Waals surface area (Å²) in [6.45, 7) is 5.25. The second-order valence-corrected chi connectivity index (χ2v) is 5.18. The van der Waals surface area contributed by atoms with E-state index in [0.717, 1.165) is 28.9 Å². The summed E-state index contributed by atoms with van der Waals surface area (Å²) in [6, 6.07) is 13.1. The van der Waals surface area contributed by atoms with Crippen molar-refractivity contribution in [3.05, 3.63) is 65.6 Å². The molecular formula is C18H18FNO. The van der Waals surface area contributed by atoms with Crippen LogP contribution in [0.25, 0.3) is 10.9 Å². The van der Waals surface area contributed by atoms with Gasteiger partial charge in [0.1, 0.15) is 18.2 Å². The molecule has 0 fully saturated rings. The Bertz CT molecular complexity index is 776. The molecule has 0 aliphatic rings. The zero-order chi connectivity index (χ0) is 14.8. The summed E-state index contributed by atoms with van der Waals surface area (Å²) in [7, 11) is 0. The topological polar surface area (TPSA) is 14.2 Å². The average molecular weight is 283 g/mol. The van der Waals surface area contributed by atoms with E-state index in [9.17, 15) is 4.39 Å². The van der Waals surface area contributed by atoms with E-state index in [2.05, 4.69) is 6.92 Å². The molecule has 1 heterocycles. The normalized spacial score (nSPS) is 11.0. The van der Waals surface area contributed by atoms with Crippen molar-refractivity contribution < 1.29 is 9.13 Å². The van der Waals surface area contributed by atoms with Crippen LogP contribution in [-0.4, -0.2) is 4.57 Å². The molecule has 1 aromatic heterocycles. The van der Waals surface area contributed by atoms with E-state index in [-0.39, 0.29) is 5.82 Å². The molecule has 3 rings (SSSR count). The Morgan fingerprint density at radius 1 is 1.14 bits per heavy atom. The van der Waals surface area contributed by atoms with Crippen LogP contribution in [0.15, 0.2) is 48.7 Å². The smallest absolute Gasteiger partial charge is 0.132 e. The minimum absolute atomic E-state index is 0.192. The lowest BCUT2D eigenvalue weighted by Crippen LogP contribution is -1.95. The first-order chi connectivity index (χ1) is 10.2. The highest BCUT2D eigenvalue weighted by atomic mass is 19.1. The lowest BCUT2D eigenvalue weighted by Gasteiger charge is -2.06. The van der Waals surface area contributed by atoms with Crippen molar-refractivity contribution in [3.63, 3.8) is 0 Å². The van der Waals surface area contributed by atoms with Gasteiger partial charge in [-0.25, -0.2) is 4.39 Å². The molecule has 0 aliphatic carbocycles. The maximum absolute atomic E-state index is 14.1. The van der Waals surface area contributed by atoms with Gasteiger partial charge in [-0.3, -0.25) is 0 Å². The van der Waals surface area contributed by atoms with Crippen molar-refractivity contribution in [2.24, 2.45) is 0 Å². The van der Waals surface area contributed by atoms with Crippen molar-refractivity contribution in [1.82, 2.24) is 4.57 Å². The predicted molar refractivity (Wildman–Crippen MR) is 83.1 cm³/mol. The Balaban J connectivity index is 1.94. The average Bonchev–Trinajstić information content (AvgIpc) is 2.85. The van der Waals surface area contributed by atoms with Gasteiger partial charge in [0.2, 0.25) is 0 Å². The molecule has 0 N–H and O–H groups in total. The molecule has 2 aromatic carbocycles. The summed E-state index contributed by atoms with van der Waals surface area (Å²) >= 11 is 0. The SMILES string of the molecule is CCn1cc(COc2cccc(C)c2)c2c(F)cccc21. The van der Waals surface area contributed by atoms with Crippen molar-refractivity contribution in [2.75, 3.05) is 0 Å². The van der Waals surface area contributed by atoms with Crippen molar-refractivity contribution in [2.45, 2.75) is 27.0 Å². The summed E-state index contributed by atoms with van der Waals surface area (Å²) in [6.07, 6.45) is 1.98. The van der Waals surface area contributed by atoms with Gasteiger partial charge in [-0.15, -0.1) is 0 Å². The molecule has 0 spiro atoms. The highest BCUT2D eigenvalue weighted by Gasteiger charge is 2.12. The van der Waals surface area contributed by atoms with E-state index in [1.165, 1.54) is 6.07 Å². The Morgan fingerprint density at radius 3 is 2.71 bits per heavy atom. The van der Waals surface area contributed by atoms with Gasteiger partial charge in [-0.2, -0.15) is 0 Å². The first-order valence-corrected chi connectivity index (χ1v) is 7.14. The molecule has 3 heteroatoms. The number of hydrogen-bond acceptors (Lipinski definition) is 1. The first-order valence-electron chi connectivity index (χ1n) is 7.14. The molecule has 0 aliphatic heterocycles. The quantitative estimate of drug-likeness (QED) is 0.677. The summed E-state index contributed by atoms with van der Waals surface area (Å²) < 4.78 is 22.0. The number of rotatable bonds is 4. The number of halogens is 1. The molecule has 0 saturated heterocycles. The van der Waals surface area contributed by atoms with Crippen LogP contribution in [0, 0.1) is 12.7 Å². The van der Waals surface area contributed by atoms with E-state index in [0.29, 0.717) is 12.0 Å². The minimum Gasteiger partial charge on any atom is -0.489 e. The third-order valence-corrected chi connectivity index (χ3v) is 3.66. The molecule has 0 bridgehead atoms. The molecule has 0 radical (unpaired) electrons. The Kier molecular flexibility index (Phi) is 3.65. The number of ether oxygens (including phenoxy) is 1. The largest absolute Gasteiger partial charge is 0.489 e. The van der Waals surface area contributed by atoms with Gasteiger partial charge in [0.25, 0.3) is 0 Å². The van der Waals surface area contributed by atoms with Crippen LogP contribution < -0.4 is 4.74 Å². The third-order valence-electron chi connectivity index (χ3n) is 3.66. The van der Waals surface area contributed by atoms with Crippen molar-refractivity contribution in [1.29, 1.82) is 0 Å². The van der Waals surface area contributed by atoms with Gasteiger partial charge in [-0.05, 0) is 43.7 Å². The predicted octanol–water partition coefficient (Wildman–Crippen LogP) is 4.69. The van der Waals surface area contributed by atoms with Crippen molar-refractivity contribution >= 4 is 10.9 Å². The number of benzene rings is 2. The van der Waals surface area contributed by atoms with Crippen LogP contribution in [0.4, 0.5) is 4.39 Å². The van der Waals surface area contributed by atoms with E-state index < -0.39 is 0 Å². The number of aromatic nitrogens is 1. The minimum atomic E-state index is -0.192. The standard InChI is InChI=1S/C18H18FNO/c1-3-20-11-14(18-16(19)8-5-9-17(18)20)12-21-15-7-4-6-13(2)10-15/h4-11H,3,12H2,1-2H3. The summed E-state index contributed by atoms with van der Waals surface area (Å²) in [4.78, 5) is 0. The lowest BCUT2D eigenvalue weighted by molar-refractivity contribution is 0.307. The lowest BCUT2D eigenvalue weighted by atomic mass is 10.2. The number of hydrogen-bond donors (Lipinski definition) is 0. The van der Waals surface area contributed by atoms with Gasteiger partial charge < -0.3 is 9.30 Å². The second-order valence-electron chi connectivity index (χ2n) is 5.18. The van der Waals surface area contributed by atoms with Crippen LogP contribution in [-0.2, 0) is 13.2 Å². The number of aryl methyl sites for hydroxylation is 2. The molecule has 2 nitrogen and oxygen atoms in total. The van der Waals surface area contributed by atoms with E-state index in [4.69, 9.17) is 4.74 Å². The molecule has 0 unspecified atom stereocenters. The Hall–Kier alpha value is -2.29. The molecule has 108 valence electrons. The Morgan fingerprint density at radius 2 is 1.95 bits per heavy atom. The fourth-order valence-corrected chi connectivity index (χ4v) is 2.63. The maximum atomic E-state index is 14.1. The zero-order valence-electron chi connectivity index (χ0n) is 12.3. The molecule has 0 saturated carbocycles. The summed E-state index contributed by atoms with van der Waals surface area (Å²) in [5.74, 6) is 0.617. The number of fused-ring (bicyclic) bond motifs is 1. The molecule has 0 atom stereocenters. The Labute approximate surface area is 123 Å². The molecule has 3 aromatic rings. The van der Waals surface area contributed by atoms with Gasteiger partial charge in [0.15, 0.2) is 0 Å². The van der Waals surface area contributed by atoms with Gasteiger partial charge >= 0.3 is 0 Å². The maximum Gasteiger partial charge on any atom is 0.132 e. The van der Waals surface area contributed by atoms with Crippen LogP contribution in [0.2, 0.25) is 0 Å². The highest BCUT2D eigenvalue weighted by molar-refractivity contribution is 5.84. The van der Waals surface area contributed by atoms with Crippen LogP contribution in [0.3, 0.4) is 0 Å². The fourth-order valence-electron chi connectivity index (χ4n) is 2.63. The fraction of sp³-hybridized carbons (Fsp3) is 0.222.